The highest BCUT2D eigenvalue weighted by Gasteiger charge is 2.19. The van der Waals surface area contributed by atoms with Crippen molar-refractivity contribution in [2.45, 2.75) is 25.8 Å². The van der Waals surface area contributed by atoms with E-state index < -0.39 is 0 Å². The predicted molar refractivity (Wildman–Crippen MR) is 87.7 cm³/mol. The standard InChI is InChI=1S/C15H17Cl3N2O/c16-4-3-15-19-13-6-11(17)12(18)7-14(13)20(15)8-10-2-1-5-21-9-10/h6-7,10H,1-5,8-9H2. The van der Waals surface area contributed by atoms with Gasteiger partial charge in [-0.15, -0.1) is 11.6 Å². The van der Waals surface area contributed by atoms with Gasteiger partial charge in [-0.3, -0.25) is 0 Å². The molecule has 3 nitrogen and oxygen atoms in total. The molecule has 0 amide bonds. The van der Waals surface area contributed by atoms with E-state index in [1.807, 2.05) is 12.1 Å². The quantitative estimate of drug-likeness (QED) is 0.759. The molecular formula is C15H17Cl3N2O. The van der Waals surface area contributed by atoms with E-state index in [1.165, 1.54) is 6.42 Å². The molecule has 6 heteroatoms. The summed E-state index contributed by atoms with van der Waals surface area (Å²) < 4.78 is 7.80. The van der Waals surface area contributed by atoms with Crippen molar-refractivity contribution in [2.75, 3.05) is 19.1 Å². The van der Waals surface area contributed by atoms with E-state index >= 15 is 0 Å². The molecule has 21 heavy (non-hydrogen) atoms. The van der Waals surface area contributed by atoms with Crippen molar-refractivity contribution >= 4 is 45.8 Å². The molecule has 1 atom stereocenters. The summed E-state index contributed by atoms with van der Waals surface area (Å²) in [7, 11) is 0. The van der Waals surface area contributed by atoms with E-state index in [0.29, 0.717) is 21.8 Å². The minimum Gasteiger partial charge on any atom is -0.381 e. The second-order valence-electron chi connectivity index (χ2n) is 5.42. The van der Waals surface area contributed by atoms with Crippen molar-refractivity contribution in [3.63, 3.8) is 0 Å². The molecule has 1 aromatic carbocycles. The molecule has 2 heterocycles. The Morgan fingerprint density at radius 1 is 1.29 bits per heavy atom. The van der Waals surface area contributed by atoms with Gasteiger partial charge >= 0.3 is 0 Å². The minimum atomic E-state index is 0.514. The second-order valence-corrected chi connectivity index (χ2v) is 6.61. The molecule has 3 rings (SSSR count). The van der Waals surface area contributed by atoms with Gasteiger partial charge in [-0.25, -0.2) is 4.98 Å². The zero-order chi connectivity index (χ0) is 14.8. The van der Waals surface area contributed by atoms with Crippen LogP contribution in [0.3, 0.4) is 0 Å². The minimum absolute atomic E-state index is 0.514. The lowest BCUT2D eigenvalue weighted by molar-refractivity contribution is 0.0485. The maximum Gasteiger partial charge on any atom is 0.111 e. The molecule has 114 valence electrons. The van der Waals surface area contributed by atoms with Crippen LogP contribution in [0.2, 0.25) is 10.0 Å². The SMILES string of the molecule is ClCCc1nc2cc(Cl)c(Cl)cc2n1CC1CCCOC1. The summed E-state index contributed by atoms with van der Waals surface area (Å²) in [4.78, 5) is 4.66. The van der Waals surface area contributed by atoms with Gasteiger partial charge in [0.2, 0.25) is 0 Å². The molecule has 1 fully saturated rings. The van der Waals surface area contributed by atoms with Gasteiger partial charge < -0.3 is 9.30 Å². The van der Waals surface area contributed by atoms with Crippen LogP contribution >= 0.6 is 34.8 Å². The third-order valence-corrected chi connectivity index (χ3v) is 4.79. The normalized spacial score (nSPS) is 19.3. The first-order chi connectivity index (χ1) is 10.2. The molecule has 0 N–H and O–H groups in total. The molecule has 1 saturated heterocycles. The average molecular weight is 348 g/mol. The summed E-state index contributed by atoms with van der Waals surface area (Å²) in [6, 6.07) is 3.72. The molecule has 0 saturated carbocycles. The fraction of sp³-hybridized carbons (Fsp3) is 0.533. The number of hydrogen-bond donors (Lipinski definition) is 0. The van der Waals surface area contributed by atoms with Crippen molar-refractivity contribution in [3.05, 3.63) is 28.0 Å². The van der Waals surface area contributed by atoms with E-state index in [9.17, 15) is 0 Å². The van der Waals surface area contributed by atoms with Gasteiger partial charge in [-0.1, -0.05) is 23.2 Å². The number of imidazole rings is 1. The summed E-state index contributed by atoms with van der Waals surface area (Å²) in [5.74, 6) is 2.05. The maximum absolute atomic E-state index is 6.16. The molecule has 0 aliphatic carbocycles. The van der Waals surface area contributed by atoms with E-state index in [-0.39, 0.29) is 0 Å². The molecular weight excluding hydrogens is 331 g/mol. The van der Waals surface area contributed by atoms with E-state index in [4.69, 9.17) is 39.5 Å². The van der Waals surface area contributed by atoms with Crippen molar-refractivity contribution in [2.24, 2.45) is 5.92 Å². The van der Waals surface area contributed by atoms with E-state index in [1.54, 1.807) is 0 Å². The van der Waals surface area contributed by atoms with Crippen LogP contribution in [0.25, 0.3) is 11.0 Å². The highest BCUT2D eigenvalue weighted by Crippen LogP contribution is 2.29. The van der Waals surface area contributed by atoms with Gasteiger partial charge in [0.25, 0.3) is 0 Å². The Morgan fingerprint density at radius 2 is 2.10 bits per heavy atom. The first-order valence-corrected chi connectivity index (χ1v) is 8.46. The van der Waals surface area contributed by atoms with Crippen molar-refractivity contribution < 1.29 is 4.74 Å². The van der Waals surface area contributed by atoms with Crippen LogP contribution in [0, 0.1) is 5.92 Å². The summed E-state index contributed by atoms with van der Waals surface area (Å²) >= 11 is 18.2. The highest BCUT2D eigenvalue weighted by molar-refractivity contribution is 6.42. The Kier molecular flexibility index (Phi) is 4.95. The second kappa shape index (κ2) is 6.74. The third kappa shape index (κ3) is 3.31. The molecule has 0 spiro atoms. The van der Waals surface area contributed by atoms with Crippen LogP contribution in [0.5, 0.6) is 0 Å². The van der Waals surface area contributed by atoms with Crippen LogP contribution in [0.4, 0.5) is 0 Å². The highest BCUT2D eigenvalue weighted by atomic mass is 35.5. The number of benzene rings is 1. The van der Waals surface area contributed by atoms with Crippen LogP contribution in [-0.4, -0.2) is 28.6 Å². The molecule has 0 radical (unpaired) electrons. The zero-order valence-electron chi connectivity index (χ0n) is 11.6. The van der Waals surface area contributed by atoms with Gasteiger partial charge in [0, 0.05) is 31.4 Å². The monoisotopic (exact) mass is 346 g/mol. The third-order valence-electron chi connectivity index (χ3n) is 3.88. The Balaban J connectivity index is 2.00. The fourth-order valence-electron chi connectivity index (χ4n) is 2.86. The van der Waals surface area contributed by atoms with Crippen LogP contribution in [0.15, 0.2) is 12.1 Å². The number of alkyl halides is 1. The lowest BCUT2D eigenvalue weighted by Crippen LogP contribution is -2.23. The van der Waals surface area contributed by atoms with Crippen molar-refractivity contribution in [1.29, 1.82) is 0 Å². The van der Waals surface area contributed by atoms with Crippen molar-refractivity contribution in [3.8, 4) is 0 Å². The topological polar surface area (TPSA) is 27.1 Å². The molecule has 2 aromatic rings. The summed E-state index contributed by atoms with van der Waals surface area (Å²) in [5, 5.41) is 1.09. The molecule has 1 aliphatic heterocycles. The average Bonchev–Trinajstić information content (AvgIpc) is 2.79. The zero-order valence-corrected chi connectivity index (χ0v) is 13.9. The van der Waals surface area contributed by atoms with Gasteiger partial charge in [-0.05, 0) is 25.0 Å². The van der Waals surface area contributed by atoms with Crippen LogP contribution < -0.4 is 0 Å². The van der Waals surface area contributed by atoms with E-state index in [0.717, 1.165) is 49.5 Å². The number of aromatic nitrogens is 2. The number of halogens is 3. The fourth-order valence-corrected chi connectivity index (χ4v) is 3.34. The maximum atomic E-state index is 6.16. The lowest BCUT2D eigenvalue weighted by Gasteiger charge is -2.23. The van der Waals surface area contributed by atoms with Crippen LogP contribution in [0.1, 0.15) is 18.7 Å². The van der Waals surface area contributed by atoms with Gasteiger partial charge in [0.1, 0.15) is 5.82 Å². The van der Waals surface area contributed by atoms with Crippen LogP contribution in [-0.2, 0) is 17.7 Å². The number of ether oxygens (including phenoxy) is 1. The lowest BCUT2D eigenvalue weighted by atomic mass is 10.0. The predicted octanol–water partition coefficient (Wildman–Crippen LogP) is 4.55. The Hall–Kier alpha value is -0.480. The Labute approximate surface area is 139 Å². The number of rotatable bonds is 4. The molecule has 1 unspecified atom stereocenters. The first-order valence-electron chi connectivity index (χ1n) is 7.17. The largest absolute Gasteiger partial charge is 0.381 e. The summed E-state index contributed by atoms with van der Waals surface area (Å²) in [6.45, 7) is 2.57. The van der Waals surface area contributed by atoms with Crippen molar-refractivity contribution in [1.82, 2.24) is 9.55 Å². The first kappa shape index (κ1) is 15.4. The van der Waals surface area contributed by atoms with Gasteiger partial charge in [-0.2, -0.15) is 0 Å². The Bertz CT molecular complexity index is 635. The molecule has 1 aliphatic rings. The number of fused-ring (bicyclic) bond motifs is 1. The number of nitrogens with zero attached hydrogens (tertiary/aromatic N) is 2. The van der Waals surface area contributed by atoms with Gasteiger partial charge in [0.05, 0.1) is 27.7 Å². The number of hydrogen-bond acceptors (Lipinski definition) is 2. The molecule has 1 aromatic heterocycles. The summed E-state index contributed by atoms with van der Waals surface area (Å²) in [5.41, 5.74) is 1.90. The Morgan fingerprint density at radius 3 is 2.81 bits per heavy atom. The number of aryl methyl sites for hydroxylation is 1. The van der Waals surface area contributed by atoms with Gasteiger partial charge in [0.15, 0.2) is 0 Å². The smallest absolute Gasteiger partial charge is 0.111 e. The molecule has 0 bridgehead atoms. The van der Waals surface area contributed by atoms with E-state index in [2.05, 4.69) is 9.55 Å². The summed E-state index contributed by atoms with van der Waals surface area (Å²) in [6.07, 6.45) is 3.04.